The SMILES string of the molecule is c1cc(Sc2cnc(N3CCC4(CCCC4)CC3)cn2)cc(C2CC2)c1. The molecule has 5 rings (SSSR count). The molecular weight excluding hydrogens is 338 g/mol. The highest BCUT2D eigenvalue weighted by Gasteiger charge is 2.37. The van der Waals surface area contributed by atoms with E-state index in [0.717, 1.165) is 29.9 Å². The van der Waals surface area contributed by atoms with Gasteiger partial charge in [-0.2, -0.15) is 0 Å². The minimum absolute atomic E-state index is 0.659. The Balaban J connectivity index is 1.22. The molecule has 0 N–H and O–H groups in total. The molecule has 0 atom stereocenters. The maximum absolute atomic E-state index is 4.73. The number of benzene rings is 1. The topological polar surface area (TPSA) is 29.0 Å². The summed E-state index contributed by atoms with van der Waals surface area (Å²) in [5.41, 5.74) is 2.14. The Morgan fingerprint density at radius 1 is 0.962 bits per heavy atom. The summed E-state index contributed by atoms with van der Waals surface area (Å²) in [5, 5.41) is 0.992. The van der Waals surface area contributed by atoms with Gasteiger partial charge in [-0.15, -0.1) is 0 Å². The number of piperidine rings is 1. The summed E-state index contributed by atoms with van der Waals surface area (Å²) in [5.74, 6) is 1.85. The van der Waals surface area contributed by atoms with Crippen molar-refractivity contribution < 1.29 is 0 Å². The van der Waals surface area contributed by atoms with Crippen LogP contribution >= 0.6 is 11.8 Å². The van der Waals surface area contributed by atoms with E-state index in [1.807, 2.05) is 12.4 Å². The second-order valence-corrected chi connectivity index (χ2v) is 9.45. The molecule has 2 aromatic rings. The largest absolute Gasteiger partial charge is 0.355 e. The van der Waals surface area contributed by atoms with Crippen LogP contribution in [0.25, 0.3) is 0 Å². The van der Waals surface area contributed by atoms with E-state index in [1.54, 1.807) is 11.8 Å². The lowest BCUT2D eigenvalue weighted by Gasteiger charge is -2.39. The quantitative estimate of drug-likeness (QED) is 0.698. The monoisotopic (exact) mass is 365 g/mol. The summed E-state index contributed by atoms with van der Waals surface area (Å²) < 4.78 is 0. The smallest absolute Gasteiger partial charge is 0.147 e. The first-order chi connectivity index (χ1) is 12.8. The van der Waals surface area contributed by atoms with Crippen LogP contribution in [-0.4, -0.2) is 23.1 Å². The standard InChI is InChI=1S/C22H27N3S/c1-2-9-22(8-1)10-12-25(13-11-22)20-15-24-21(16-23-20)26-19-5-3-4-18(14-19)17-6-7-17/h3-5,14-17H,1-2,6-13H2. The molecule has 2 heterocycles. The lowest BCUT2D eigenvalue weighted by Crippen LogP contribution is -2.39. The summed E-state index contributed by atoms with van der Waals surface area (Å²) in [7, 11) is 0. The molecule has 2 saturated carbocycles. The van der Waals surface area contributed by atoms with Crippen molar-refractivity contribution in [2.75, 3.05) is 18.0 Å². The Hall–Kier alpha value is -1.55. The zero-order chi connectivity index (χ0) is 17.4. The van der Waals surface area contributed by atoms with Gasteiger partial charge in [-0.05, 0) is 67.6 Å². The van der Waals surface area contributed by atoms with Crippen LogP contribution in [0.1, 0.15) is 62.8 Å². The van der Waals surface area contributed by atoms with Crippen LogP contribution in [-0.2, 0) is 0 Å². The van der Waals surface area contributed by atoms with Crippen LogP contribution in [0.2, 0.25) is 0 Å². The minimum Gasteiger partial charge on any atom is -0.355 e. The van der Waals surface area contributed by atoms with Crippen LogP contribution < -0.4 is 4.90 Å². The van der Waals surface area contributed by atoms with E-state index in [-0.39, 0.29) is 0 Å². The van der Waals surface area contributed by atoms with E-state index in [4.69, 9.17) is 4.98 Å². The average Bonchev–Trinajstić information content (AvgIpc) is 3.45. The number of aromatic nitrogens is 2. The van der Waals surface area contributed by atoms with Crippen LogP contribution in [0.15, 0.2) is 46.6 Å². The third-order valence-corrected chi connectivity index (χ3v) is 7.47. The van der Waals surface area contributed by atoms with Gasteiger partial charge in [0.15, 0.2) is 0 Å². The van der Waals surface area contributed by atoms with Gasteiger partial charge < -0.3 is 4.90 Å². The fraction of sp³-hybridized carbons (Fsp3) is 0.545. The molecule has 2 aliphatic carbocycles. The first kappa shape index (κ1) is 16.6. The first-order valence-corrected chi connectivity index (χ1v) is 11.0. The molecule has 0 amide bonds. The predicted octanol–water partition coefficient (Wildman–Crippen LogP) is 5.67. The van der Waals surface area contributed by atoms with Gasteiger partial charge in [0.05, 0.1) is 12.4 Å². The van der Waals surface area contributed by atoms with Gasteiger partial charge in [0.1, 0.15) is 10.8 Å². The van der Waals surface area contributed by atoms with Crippen LogP contribution in [0.5, 0.6) is 0 Å². The van der Waals surface area contributed by atoms with Crippen LogP contribution in [0.4, 0.5) is 5.82 Å². The van der Waals surface area contributed by atoms with Gasteiger partial charge in [0.2, 0.25) is 0 Å². The van der Waals surface area contributed by atoms with Crippen molar-refractivity contribution in [2.24, 2.45) is 5.41 Å². The summed E-state index contributed by atoms with van der Waals surface area (Å²) in [6.07, 6.45) is 15.0. The Kier molecular flexibility index (Phi) is 4.39. The first-order valence-electron chi connectivity index (χ1n) is 10.1. The third-order valence-electron chi connectivity index (χ3n) is 6.56. The summed E-state index contributed by atoms with van der Waals surface area (Å²) in [6.45, 7) is 2.29. The maximum Gasteiger partial charge on any atom is 0.147 e. The van der Waals surface area contributed by atoms with Gasteiger partial charge in [-0.25, -0.2) is 9.97 Å². The number of hydrogen-bond donors (Lipinski definition) is 0. The molecule has 3 aliphatic rings. The second kappa shape index (κ2) is 6.88. The molecule has 4 heteroatoms. The lowest BCUT2D eigenvalue weighted by molar-refractivity contribution is 0.226. The van der Waals surface area contributed by atoms with Crippen molar-refractivity contribution in [3.8, 4) is 0 Å². The lowest BCUT2D eigenvalue weighted by atomic mass is 9.77. The van der Waals surface area contributed by atoms with Crippen molar-refractivity contribution in [1.29, 1.82) is 0 Å². The fourth-order valence-electron chi connectivity index (χ4n) is 4.73. The van der Waals surface area contributed by atoms with Gasteiger partial charge in [-0.3, -0.25) is 0 Å². The second-order valence-electron chi connectivity index (χ2n) is 8.36. The number of anilines is 1. The van der Waals surface area contributed by atoms with E-state index < -0.39 is 0 Å². The van der Waals surface area contributed by atoms with Gasteiger partial charge in [-0.1, -0.05) is 36.7 Å². The van der Waals surface area contributed by atoms with Crippen molar-refractivity contribution >= 4 is 17.6 Å². The van der Waals surface area contributed by atoms with Crippen LogP contribution in [0.3, 0.4) is 0 Å². The maximum atomic E-state index is 4.73. The zero-order valence-corrected chi connectivity index (χ0v) is 16.2. The molecule has 1 aliphatic heterocycles. The highest BCUT2D eigenvalue weighted by Crippen LogP contribution is 2.46. The number of nitrogens with zero attached hydrogens (tertiary/aromatic N) is 3. The zero-order valence-electron chi connectivity index (χ0n) is 15.4. The average molecular weight is 366 g/mol. The van der Waals surface area contributed by atoms with E-state index >= 15 is 0 Å². The Bertz CT molecular complexity index is 753. The van der Waals surface area contributed by atoms with Gasteiger partial charge in [0.25, 0.3) is 0 Å². The van der Waals surface area contributed by atoms with E-state index in [2.05, 4.69) is 34.1 Å². The highest BCUT2D eigenvalue weighted by atomic mass is 32.2. The molecule has 1 aromatic heterocycles. The molecule has 3 fully saturated rings. The molecular formula is C22H27N3S. The number of hydrogen-bond acceptors (Lipinski definition) is 4. The molecule has 0 radical (unpaired) electrons. The highest BCUT2D eigenvalue weighted by molar-refractivity contribution is 7.99. The van der Waals surface area contributed by atoms with E-state index in [1.165, 1.54) is 61.8 Å². The van der Waals surface area contributed by atoms with Gasteiger partial charge in [0, 0.05) is 18.0 Å². The van der Waals surface area contributed by atoms with Crippen molar-refractivity contribution in [3.05, 3.63) is 42.2 Å². The van der Waals surface area contributed by atoms with Crippen molar-refractivity contribution in [3.63, 3.8) is 0 Å². The van der Waals surface area contributed by atoms with Crippen molar-refractivity contribution in [1.82, 2.24) is 9.97 Å². The molecule has 0 unspecified atom stereocenters. The Morgan fingerprint density at radius 2 is 1.77 bits per heavy atom. The van der Waals surface area contributed by atoms with Gasteiger partial charge >= 0.3 is 0 Å². The third kappa shape index (κ3) is 3.48. The molecule has 136 valence electrons. The summed E-state index contributed by atoms with van der Waals surface area (Å²) in [6, 6.07) is 8.93. The normalized spacial score (nSPS) is 22.1. The summed E-state index contributed by atoms with van der Waals surface area (Å²) in [4.78, 5) is 13.1. The summed E-state index contributed by atoms with van der Waals surface area (Å²) >= 11 is 1.73. The van der Waals surface area contributed by atoms with E-state index in [9.17, 15) is 0 Å². The Morgan fingerprint density at radius 3 is 2.46 bits per heavy atom. The molecule has 0 bridgehead atoms. The van der Waals surface area contributed by atoms with E-state index in [0.29, 0.717) is 5.41 Å². The molecule has 1 aromatic carbocycles. The number of rotatable bonds is 4. The van der Waals surface area contributed by atoms with Crippen LogP contribution in [0, 0.1) is 5.41 Å². The predicted molar refractivity (Wildman–Crippen MR) is 107 cm³/mol. The molecule has 26 heavy (non-hydrogen) atoms. The minimum atomic E-state index is 0.659. The Labute approximate surface area is 160 Å². The fourth-order valence-corrected chi connectivity index (χ4v) is 5.52. The molecule has 3 nitrogen and oxygen atoms in total. The van der Waals surface area contributed by atoms with Crippen molar-refractivity contribution in [2.45, 2.75) is 67.2 Å². The molecule has 1 saturated heterocycles. The molecule has 1 spiro atoms.